The number of epoxide rings is 1. The Kier molecular flexibility index (Phi) is 4.83. The molecule has 120 valence electrons. The first-order valence-corrected chi connectivity index (χ1v) is 8.13. The second-order valence-corrected chi connectivity index (χ2v) is 7.53. The van der Waals surface area contributed by atoms with Crippen molar-refractivity contribution in [3.63, 3.8) is 0 Å². The molecule has 1 fully saturated rings. The molecule has 1 heterocycles. The van der Waals surface area contributed by atoms with Crippen LogP contribution in [0.4, 0.5) is 0 Å². The predicted octanol–water partition coefficient (Wildman–Crippen LogP) is 4.72. The first-order valence-electron chi connectivity index (χ1n) is 7.00. The number of alkyl halides is 3. The summed E-state index contributed by atoms with van der Waals surface area (Å²) in [4.78, 5) is 12.2. The molecule has 1 aliphatic rings. The fourth-order valence-electron chi connectivity index (χ4n) is 2.34. The molecule has 0 spiro atoms. The Balaban J connectivity index is 1.74. The van der Waals surface area contributed by atoms with Gasteiger partial charge >= 0.3 is 5.97 Å². The fourth-order valence-corrected chi connectivity index (χ4v) is 2.85. The van der Waals surface area contributed by atoms with Crippen LogP contribution >= 0.6 is 34.8 Å². The Labute approximate surface area is 149 Å². The maximum Gasteiger partial charge on any atom is 0.338 e. The maximum absolute atomic E-state index is 12.2. The number of esters is 1. The summed E-state index contributed by atoms with van der Waals surface area (Å²) in [5.41, 5.74) is 1.34. The molecule has 0 aliphatic carbocycles. The molecule has 0 bridgehead atoms. The van der Waals surface area contributed by atoms with Gasteiger partial charge in [-0.2, -0.15) is 0 Å². The van der Waals surface area contributed by atoms with Gasteiger partial charge in [0.2, 0.25) is 3.79 Å². The molecule has 0 amide bonds. The molecule has 2 aromatic carbocycles. The molecular weight excluding hydrogens is 359 g/mol. The molecule has 6 heteroatoms. The Morgan fingerprint density at radius 1 is 1.00 bits per heavy atom. The molecule has 23 heavy (non-hydrogen) atoms. The zero-order valence-corrected chi connectivity index (χ0v) is 14.1. The summed E-state index contributed by atoms with van der Waals surface area (Å²) in [6, 6.07) is 18.1. The monoisotopic (exact) mass is 370 g/mol. The van der Waals surface area contributed by atoms with Crippen molar-refractivity contribution in [2.75, 3.05) is 0 Å². The molecule has 0 N–H and O–H groups in total. The van der Waals surface area contributed by atoms with Crippen LogP contribution in [-0.2, 0) is 9.47 Å². The minimum atomic E-state index is -1.78. The maximum atomic E-state index is 12.2. The van der Waals surface area contributed by atoms with E-state index in [-0.39, 0.29) is 6.10 Å². The number of halogens is 3. The second kappa shape index (κ2) is 6.70. The van der Waals surface area contributed by atoms with Gasteiger partial charge in [0, 0.05) is 0 Å². The van der Waals surface area contributed by atoms with E-state index in [1.165, 1.54) is 0 Å². The molecule has 1 aliphatic heterocycles. The molecule has 3 rings (SSSR count). The Hall–Kier alpha value is -1.26. The zero-order valence-electron chi connectivity index (χ0n) is 11.9. The van der Waals surface area contributed by atoms with Crippen molar-refractivity contribution in [2.24, 2.45) is 0 Å². The van der Waals surface area contributed by atoms with Gasteiger partial charge in [-0.1, -0.05) is 83.3 Å². The van der Waals surface area contributed by atoms with Crippen LogP contribution in [0.15, 0.2) is 60.7 Å². The van der Waals surface area contributed by atoms with E-state index in [1.54, 1.807) is 30.3 Å². The molecular formula is C17H13Cl3O3. The first kappa shape index (κ1) is 16.6. The third-order valence-electron chi connectivity index (χ3n) is 3.52. The number of carbonyl (C=O) groups is 1. The van der Waals surface area contributed by atoms with E-state index in [2.05, 4.69) is 0 Å². The van der Waals surface area contributed by atoms with Crippen molar-refractivity contribution in [1.29, 1.82) is 0 Å². The molecule has 3 nitrogen and oxygen atoms in total. The van der Waals surface area contributed by atoms with Gasteiger partial charge in [0.05, 0.1) is 5.56 Å². The summed E-state index contributed by atoms with van der Waals surface area (Å²) >= 11 is 18.0. The third kappa shape index (κ3) is 3.99. The average Bonchev–Trinajstić information content (AvgIpc) is 3.33. The minimum Gasteiger partial charge on any atom is -0.451 e. The van der Waals surface area contributed by atoms with E-state index in [1.807, 2.05) is 30.3 Å². The fraction of sp³-hybridized carbons (Fsp3) is 0.235. The number of benzene rings is 2. The van der Waals surface area contributed by atoms with Gasteiger partial charge in [-0.05, 0) is 17.7 Å². The standard InChI is InChI=1S/C17H13Cl3O3/c18-17(19,20)15(23-16(21)12-9-5-2-6-10-12)14-13(22-14)11-7-3-1-4-8-11/h1-10,13-15H/t13-,14-,15+/m0/s1. The third-order valence-corrected chi connectivity index (χ3v) is 4.16. The van der Waals surface area contributed by atoms with E-state index in [0.29, 0.717) is 5.56 Å². The molecule has 0 unspecified atom stereocenters. The lowest BCUT2D eigenvalue weighted by molar-refractivity contribution is 0.0239. The van der Waals surface area contributed by atoms with Gasteiger partial charge in [0.15, 0.2) is 6.10 Å². The van der Waals surface area contributed by atoms with Crippen molar-refractivity contribution in [1.82, 2.24) is 0 Å². The van der Waals surface area contributed by atoms with Crippen molar-refractivity contribution in [2.45, 2.75) is 22.1 Å². The van der Waals surface area contributed by atoms with Gasteiger partial charge in [-0.25, -0.2) is 4.79 Å². The number of rotatable bonds is 4. The normalized spacial score (nSPS) is 21.5. The lowest BCUT2D eigenvalue weighted by Crippen LogP contribution is -2.36. The van der Waals surface area contributed by atoms with Gasteiger partial charge in [0.1, 0.15) is 12.2 Å². The molecule has 2 aromatic rings. The van der Waals surface area contributed by atoms with Crippen LogP contribution in [0.25, 0.3) is 0 Å². The second-order valence-electron chi connectivity index (χ2n) is 5.17. The van der Waals surface area contributed by atoms with Crippen molar-refractivity contribution in [3.05, 3.63) is 71.8 Å². The largest absolute Gasteiger partial charge is 0.451 e. The van der Waals surface area contributed by atoms with Gasteiger partial charge < -0.3 is 9.47 Å². The number of ether oxygens (including phenoxy) is 2. The number of hydrogen-bond donors (Lipinski definition) is 0. The molecule has 0 aromatic heterocycles. The summed E-state index contributed by atoms with van der Waals surface area (Å²) in [5.74, 6) is -0.552. The van der Waals surface area contributed by atoms with Crippen LogP contribution in [0.3, 0.4) is 0 Å². The first-order chi connectivity index (χ1) is 11.0. The Morgan fingerprint density at radius 3 is 2.13 bits per heavy atom. The highest BCUT2D eigenvalue weighted by Crippen LogP contribution is 2.48. The van der Waals surface area contributed by atoms with Gasteiger partial charge in [-0.15, -0.1) is 0 Å². The summed E-state index contributed by atoms with van der Waals surface area (Å²) in [5, 5.41) is 0. The minimum absolute atomic E-state index is 0.250. The highest BCUT2D eigenvalue weighted by Gasteiger charge is 2.55. The Bertz CT molecular complexity index is 670. The zero-order chi connectivity index (χ0) is 16.4. The van der Waals surface area contributed by atoms with E-state index < -0.39 is 22.0 Å². The van der Waals surface area contributed by atoms with Crippen molar-refractivity contribution in [3.8, 4) is 0 Å². The van der Waals surface area contributed by atoms with Gasteiger partial charge in [-0.3, -0.25) is 0 Å². The number of carbonyl (C=O) groups excluding carboxylic acids is 1. The van der Waals surface area contributed by atoms with E-state index in [0.717, 1.165) is 5.56 Å². The molecule has 0 radical (unpaired) electrons. The SMILES string of the molecule is O=C(O[C@H]([C@H]1O[C@H]1c1ccccc1)C(Cl)(Cl)Cl)c1ccccc1. The summed E-state index contributed by atoms with van der Waals surface area (Å²) in [6.45, 7) is 0. The molecule has 0 saturated carbocycles. The van der Waals surface area contributed by atoms with Crippen LogP contribution in [-0.4, -0.2) is 22.0 Å². The van der Waals surface area contributed by atoms with Crippen LogP contribution in [0.5, 0.6) is 0 Å². The number of hydrogen-bond acceptors (Lipinski definition) is 3. The van der Waals surface area contributed by atoms with Crippen LogP contribution < -0.4 is 0 Å². The summed E-state index contributed by atoms with van der Waals surface area (Å²) in [6.07, 6.45) is -1.73. The van der Waals surface area contributed by atoms with E-state index in [4.69, 9.17) is 44.3 Å². The van der Waals surface area contributed by atoms with Crippen LogP contribution in [0.2, 0.25) is 0 Å². The van der Waals surface area contributed by atoms with E-state index in [9.17, 15) is 4.79 Å². The summed E-state index contributed by atoms with van der Waals surface area (Å²) in [7, 11) is 0. The lowest BCUT2D eigenvalue weighted by Gasteiger charge is -2.23. The lowest BCUT2D eigenvalue weighted by atomic mass is 10.1. The van der Waals surface area contributed by atoms with Crippen molar-refractivity contribution < 1.29 is 14.3 Å². The van der Waals surface area contributed by atoms with Crippen LogP contribution in [0, 0.1) is 0 Å². The molecule has 1 saturated heterocycles. The highest BCUT2D eigenvalue weighted by atomic mass is 35.6. The van der Waals surface area contributed by atoms with E-state index >= 15 is 0 Å². The average molecular weight is 372 g/mol. The topological polar surface area (TPSA) is 38.8 Å². The van der Waals surface area contributed by atoms with Crippen LogP contribution in [0.1, 0.15) is 22.0 Å². The van der Waals surface area contributed by atoms with Gasteiger partial charge in [0.25, 0.3) is 0 Å². The smallest absolute Gasteiger partial charge is 0.338 e. The summed E-state index contributed by atoms with van der Waals surface area (Å²) < 4.78 is 9.24. The Morgan fingerprint density at radius 2 is 1.57 bits per heavy atom. The predicted molar refractivity (Wildman–Crippen MR) is 90.0 cm³/mol. The van der Waals surface area contributed by atoms with Crippen molar-refractivity contribution >= 4 is 40.8 Å². The quantitative estimate of drug-likeness (QED) is 0.443. The highest BCUT2D eigenvalue weighted by molar-refractivity contribution is 6.68. The molecule has 3 atom stereocenters.